The van der Waals surface area contributed by atoms with Gasteiger partial charge in [0.1, 0.15) is 0 Å². The van der Waals surface area contributed by atoms with Crippen LogP contribution < -0.4 is 5.32 Å². The van der Waals surface area contributed by atoms with Crippen molar-refractivity contribution in [3.05, 3.63) is 35.4 Å². The average molecular weight is 260 g/mol. The number of hydrogen-bond donors (Lipinski definition) is 1. The Labute approximate surface area is 115 Å². The minimum Gasteiger partial charge on any atom is -0.380 e. The number of nitrogens with zero attached hydrogens (tertiary/aromatic N) is 1. The molecule has 2 fully saturated rings. The molecule has 104 valence electrons. The molecule has 1 aromatic rings. The molecule has 1 N–H and O–H groups in total. The first-order valence-corrected chi connectivity index (χ1v) is 7.37. The van der Waals surface area contributed by atoms with Crippen LogP contribution in [0.25, 0.3) is 0 Å². The monoisotopic (exact) mass is 260 g/mol. The van der Waals surface area contributed by atoms with Crippen molar-refractivity contribution < 1.29 is 4.74 Å². The van der Waals surface area contributed by atoms with Crippen molar-refractivity contribution in [2.24, 2.45) is 5.92 Å². The van der Waals surface area contributed by atoms with E-state index in [4.69, 9.17) is 4.74 Å². The highest BCUT2D eigenvalue weighted by molar-refractivity contribution is 5.23. The molecular formula is C16H24N2O. The van der Waals surface area contributed by atoms with Crippen LogP contribution in [0.1, 0.15) is 24.0 Å². The molecular weight excluding hydrogens is 236 g/mol. The molecule has 0 radical (unpaired) electrons. The minimum absolute atomic E-state index is 0.709. The summed E-state index contributed by atoms with van der Waals surface area (Å²) < 4.78 is 5.21. The molecule has 3 heteroatoms. The van der Waals surface area contributed by atoms with Gasteiger partial charge in [0.2, 0.25) is 0 Å². The van der Waals surface area contributed by atoms with Crippen LogP contribution in [0.15, 0.2) is 24.3 Å². The molecule has 0 amide bonds. The summed E-state index contributed by atoms with van der Waals surface area (Å²) in [7, 11) is 1.75. The van der Waals surface area contributed by atoms with Gasteiger partial charge < -0.3 is 10.1 Å². The van der Waals surface area contributed by atoms with Crippen molar-refractivity contribution in [1.82, 2.24) is 10.2 Å². The van der Waals surface area contributed by atoms with Crippen LogP contribution in [-0.2, 0) is 17.9 Å². The summed E-state index contributed by atoms with van der Waals surface area (Å²) >= 11 is 0. The van der Waals surface area contributed by atoms with Crippen molar-refractivity contribution in [1.29, 1.82) is 0 Å². The second kappa shape index (κ2) is 6.04. The Morgan fingerprint density at radius 1 is 1.32 bits per heavy atom. The number of likely N-dealkylation sites (tertiary alicyclic amines) is 1. The van der Waals surface area contributed by atoms with E-state index in [1.165, 1.54) is 43.6 Å². The number of methoxy groups -OCH3 is 1. The Morgan fingerprint density at radius 2 is 2.21 bits per heavy atom. The maximum atomic E-state index is 5.21. The van der Waals surface area contributed by atoms with Crippen LogP contribution in [0.5, 0.6) is 0 Å². The van der Waals surface area contributed by atoms with Gasteiger partial charge in [-0.2, -0.15) is 0 Å². The largest absolute Gasteiger partial charge is 0.380 e. The third kappa shape index (κ3) is 3.16. The smallest absolute Gasteiger partial charge is 0.0713 e. The second-order valence-electron chi connectivity index (χ2n) is 5.91. The third-order valence-electron chi connectivity index (χ3n) is 4.38. The minimum atomic E-state index is 0.709. The zero-order chi connectivity index (χ0) is 13.1. The molecule has 2 saturated heterocycles. The summed E-state index contributed by atoms with van der Waals surface area (Å²) in [5.41, 5.74) is 2.68. The van der Waals surface area contributed by atoms with Crippen molar-refractivity contribution in [2.75, 3.05) is 26.7 Å². The fourth-order valence-corrected chi connectivity index (χ4v) is 3.51. The average Bonchev–Trinajstić information content (AvgIpc) is 2.81. The molecule has 1 aromatic carbocycles. The third-order valence-corrected chi connectivity index (χ3v) is 4.38. The van der Waals surface area contributed by atoms with Gasteiger partial charge in [0.25, 0.3) is 0 Å². The van der Waals surface area contributed by atoms with Gasteiger partial charge in [-0.05, 0) is 36.4 Å². The predicted molar refractivity (Wildman–Crippen MR) is 76.9 cm³/mol. The first kappa shape index (κ1) is 13.1. The van der Waals surface area contributed by atoms with E-state index in [1.807, 2.05) is 0 Å². The van der Waals surface area contributed by atoms with Crippen molar-refractivity contribution in [3.8, 4) is 0 Å². The van der Waals surface area contributed by atoms with E-state index in [-0.39, 0.29) is 0 Å². The highest BCUT2D eigenvalue weighted by atomic mass is 16.5. The molecule has 0 saturated carbocycles. The van der Waals surface area contributed by atoms with Crippen LogP contribution >= 0.6 is 0 Å². The lowest BCUT2D eigenvalue weighted by Gasteiger charge is -2.24. The number of rotatable bonds is 4. The van der Waals surface area contributed by atoms with Gasteiger partial charge in [0, 0.05) is 32.8 Å². The molecule has 2 aliphatic heterocycles. The normalized spacial score (nSPS) is 27.4. The summed E-state index contributed by atoms with van der Waals surface area (Å²) in [5.74, 6) is 0.871. The molecule has 0 aliphatic carbocycles. The van der Waals surface area contributed by atoms with Crippen LogP contribution in [0.3, 0.4) is 0 Å². The van der Waals surface area contributed by atoms with Gasteiger partial charge in [-0.1, -0.05) is 24.3 Å². The zero-order valence-corrected chi connectivity index (χ0v) is 11.8. The number of nitrogens with one attached hydrogen (secondary N) is 1. The van der Waals surface area contributed by atoms with E-state index < -0.39 is 0 Å². The summed E-state index contributed by atoms with van der Waals surface area (Å²) in [6.45, 7) is 5.45. The molecule has 2 atom stereocenters. The predicted octanol–water partition coefficient (Wildman–Crippen LogP) is 2.02. The zero-order valence-electron chi connectivity index (χ0n) is 11.8. The van der Waals surface area contributed by atoms with Crippen molar-refractivity contribution >= 4 is 0 Å². The van der Waals surface area contributed by atoms with E-state index in [9.17, 15) is 0 Å². The topological polar surface area (TPSA) is 24.5 Å². The van der Waals surface area contributed by atoms with Crippen LogP contribution in [0.4, 0.5) is 0 Å². The van der Waals surface area contributed by atoms with Crippen LogP contribution in [0, 0.1) is 5.92 Å². The Kier molecular flexibility index (Phi) is 4.16. The Balaban J connectivity index is 1.60. The molecule has 3 nitrogen and oxygen atoms in total. The van der Waals surface area contributed by atoms with Gasteiger partial charge in [0.05, 0.1) is 6.61 Å². The highest BCUT2D eigenvalue weighted by Crippen LogP contribution is 2.26. The van der Waals surface area contributed by atoms with E-state index in [2.05, 4.69) is 34.5 Å². The molecule has 3 rings (SSSR count). The fourth-order valence-electron chi connectivity index (χ4n) is 3.51. The van der Waals surface area contributed by atoms with Crippen LogP contribution in [-0.4, -0.2) is 37.7 Å². The number of fused-ring (bicyclic) bond motifs is 1. The lowest BCUT2D eigenvalue weighted by molar-refractivity contribution is 0.184. The summed E-state index contributed by atoms with van der Waals surface area (Å²) in [6, 6.07) is 9.52. The first-order valence-electron chi connectivity index (χ1n) is 7.37. The number of piperidine rings is 1. The number of hydrogen-bond acceptors (Lipinski definition) is 3. The second-order valence-corrected chi connectivity index (χ2v) is 5.91. The fraction of sp³-hybridized carbons (Fsp3) is 0.625. The molecule has 0 bridgehead atoms. The highest BCUT2D eigenvalue weighted by Gasteiger charge is 2.33. The summed E-state index contributed by atoms with van der Waals surface area (Å²) in [5, 5.41) is 3.67. The Bertz CT molecular complexity index is 407. The van der Waals surface area contributed by atoms with Gasteiger partial charge in [-0.15, -0.1) is 0 Å². The first-order chi connectivity index (χ1) is 9.35. The summed E-state index contributed by atoms with van der Waals surface area (Å²) in [6.07, 6.45) is 2.75. The van der Waals surface area contributed by atoms with E-state index in [1.54, 1.807) is 7.11 Å². The quantitative estimate of drug-likeness (QED) is 0.896. The van der Waals surface area contributed by atoms with Crippen molar-refractivity contribution in [3.63, 3.8) is 0 Å². The molecule has 2 heterocycles. The van der Waals surface area contributed by atoms with Gasteiger partial charge in [0.15, 0.2) is 0 Å². The lowest BCUT2D eigenvalue weighted by Crippen LogP contribution is -2.40. The molecule has 0 aromatic heterocycles. The van der Waals surface area contributed by atoms with E-state index >= 15 is 0 Å². The SMILES string of the molecule is COCc1cccc(CN2C[C@@H]3CCCN[C@@H]3C2)c1. The number of benzene rings is 1. The number of ether oxygens (including phenoxy) is 1. The van der Waals surface area contributed by atoms with Gasteiger partial charge in [-0.3, -0.25) is 4.90 Å². The summed E-state index contributed by atoms with van der Waals surface area (Å²) in [4.78, 5) is 2.60. The van der Waals surface area contributed by atoms with E-state index in [0.29, 0.717) is 6.61 Å². The standard InChI is InChI=1S/C16H24N2O/c1-19-12-14-5-2-4-13(8-14)9-18-10-15-6-3-7-17-16(15)11-18/h2,4-5,8,15-17H,3,6-7,9-12H2,1H3/t15-,16+/m0/s1. The molecule has 0 unspecified atom stereocenters. The van der Waals surface area contributed by atoms with Crippen molar-refractivity contribution in [2.45, 2.75) is 32.0 Å². The van der Waals surface area contributed by atoms with E-state index in [0.717, 1.165) is 18.5 Å². The van der Waals surface area contributed by atoms with Crippen LogP contribution in [0.2, 0.25) is 0 Å². The molecule has 19 heavy (non-hydrogen) atoms. The Hall–Kier alpha value is -0.900. The Morgan fingerprint density at radius 3 is 3.05 bits per heavy atom. The molecule has 0 spiro atoms. The maximum absolute atomic E-state index is 5.21. The van der Waals surface area contributed by atoms with Gasteiger partial charge >= 0.3 is 0 Å². The maximum Gasteiger partial charge on any atom is 0.0713 e. The molecule has 2 aliphatic rings. The lowest BCUT2D eigenvalue weighted by atomic mass is 9.94. The van der Waals surface area contributed by atoms with Gasteiger partial charge in [-0.25, -0.2) is 0 Å².